The van der Waals surface area contributed by atoms with E-state index in [9.17, 15) is 60.3 Å². The number of fused-ring (bicyclic) bond motifs is 1. The number of esters is 2. The van der Waals surface area contributed by atoms with Crippen molar-refractivity contribution in [2.75, 3.05) is 13.2 Å². The second-order valence-corrected chi connectivity index (χ2v) is 11.4. The average molecular weight is 711 g/mol. The summed E-state index contributed by atoms with van der Waals surface area (Å²) in [4.78, 5) is 37.6. The van der Waals surface area contributed by atoms with E-state index in [-0.39, 0.29) is 22.8 Å². The van der Waals surface area contributed by atoms with Crippen LogP contribution >= 0.6 is 0 Å². The Hall–Kier alpha value is -4.41. The van der Waals surface area contributed by atoms with Crippen LogP contribution in [-0.4, -0.2) is 133 Å². The minimum Gasteiger partial charge on any atom is -0.507 e. The van der Waals surface area contributed by atoms with Crippen LogP contribution in [0.25, 0.3) is 22.3 Å². The molecule has 50 heavy (non-hydrogen) atoms. The van der Waals surface area contributed by atoms with Crippen LogP contribution in [0.3, 0.4) is 0 Å². The molecule has 0 spiro atoms. The van der Waals surface area contributed by atoms with Crippen LogP contribution in [0.4, 0.5) is 0 Å². The number of benzene rings is 2. The lowest BCUT2D eigenvalue weighted by atomic mass is 9.99. The molecule has 0 radical (unpaired) electrons. The molecule has 9 N–H and O–H groups in total. The van der Waals surface area contributed by atoms with Crippen molar-refractivity contribution in [3.05, 3.63) is 40.6 Å². The molecule has 0 bridgehead atoms. The Balaban J connectivity index is 1.66. The predicted molar refractivity (Wildman–Crippen MR) is 161 cm³/mol. The Bertz CT molecular complexity index is 1790. The summed E-state index contributed by atoms with van der Waals surface area (Å²) in [6.07, 6.45) is -17.4. The summed E-state index contributed by atoms with van der Waals surface area (Å²) in [6, 6.07) is 5.54. The number of phenols is 1. The third-order valence-electron chi connectivity index (χ3n) is 7.80. The van der Waals surface area contributed by atoms with Gasteiger partial charge in [-0.05, 0) is 18.2 Å². The van der Waals surface area contributed by atoms with Crippen molar-refractivity contribution in [2.45, 2.75) is 75.3 Å². The highest BCUT2D eigenvalue weighted by Gasteiger charge is 2.46. The Kier molecular flexibility index (Phi) is 10.9. The summed E-state index contributed by atoms with van der Waals surface area (Å²) in [5, 5.41) is 91.3. The highest BCUT2D eigenvalue weighted by Crippen LogP contribution is 2.41. The molecule has 19 heteroatoms. The van der Waals surface area contributed by atoms with Gasteiger partial charge in [0.1, 0.15) is 71.3 Å². The number of carbonyl (C=O) groups excluding carboxylic acids is 2. The topological polar surface area (TPSA) is 302 Å². The second-order valence-electron chi connectivity index (χ2n) is 11.4. The van der Waals surface area contributed by atoms with Crippen molar-refractivity contribution in [3.63, 3.8) is 0 Å². The standard InChI is InChI=1S/C31H34O19/c1-10(34)44-15-4-3-12(5-16(15)45-11(2)35)28-29(50-31-27(43)25(41)22(38)19(9-33)49-31)23(39)20-14(36)6-13(7-17(20)47-28)46-30-26(42)24(40)21(37)18(8-32)48-30/h3-7,18-19,21-22,24-27,30-33,36-38,40-43H,8-9H2,1-2H3/t18-,19-,21-,22-,24+,25+,26-,27-,30?,31?/m1/s1. The van der Waals surface area contributed by atoms with Crippen LogP contribution in [0.5, 0.6) is 28.7 Å². The SMILES string of the molecule is CC(=O)Oc1ccc(-c2oc3cc(OC4O[C@H](CO)[C@@H](O)[C@H](O)[C@H]4O)cc(O)c3c(=O)c2OC2O[C@H](CO)[C@@H](O)[C@H](O)[C@H]2O)cc1OC(C)=O. The summed E-state index contributed by atoms with van der Waals surface area (Å²) in [7, 11) is 0. The number of aliphatic hydroxyl groups excluding tert-OH is 8. The van der Waals surface area contributed by atoms with Gasteiger partial charge in [-0.15, -0.1) is 0 Å². The maximum absolute atomic E-state index is 14.0. The van der Waals surface area contributed by atoms with Crippen molar-refractivity contribution >= 4 is 22.9 Å². The fraction of sp³-hybridized carbons (Fsp3) is 0.452. The number of hydrogen-bond donors (Lipinski definition) is 9. The number of hydrogen-bond acceptors (Lipinski definition) is 19. The van der Waals surface area contributed by atoms with Crippen LogP contribution in [0, 0.1) is 0 Å². The molecule has 2 aromatic carbocycles. The van der Waals surface area contributed by atoms with Gasteiger partial charge in [-0.25, -0.2) is 0 Å². The summed E-state index contributed by atoms with van der Waals surface area (Å²) in [6.45, 7) is 0.574. The van der Waals surface area contributed by atoms with Crippen molar-refractivity contribution in [1.82, 2.24) is 0 Å². The third-order valence-corrected chi connectivity index (χ3v) is 7.80. The highest BCUT2D eigenvalue weighted by atomic mass is 16.7. The summed E-state index contributed by atoms with van der Waals surface area (Å²) in [5.41, 5.74) is -1.59. The molecule has 19 nitrogen and oxygen atoms in total. The van der Waals surface area contributed by atoms with Crippen LogP contribution in [0.1, 0.15) is 13.8 Å². The molecule has 5 rings (SSSR count). The van der Waals surface area contributed by atoms with E-state index < -0.39 is 120 Å². The van der Waals surface area contributed by atoms with Crippen molar-refractivity contribution in [2.24, 2.45) is 0 Å². The maximum atomic E-state index is 14.0. The predicted octanol–water partition coefficient (Wildman–Crippen LogP) is -2.63. The Morgan fingerprint density at radius 3 is 1.80 bits per heavy atom. The molecule has 2 aliphatic rings. The first kappa shape index (κ1) is 36.9. The second kappa shape index (κ2) is 14.8. The van der Waals surface area contributed by atoms with E-state index in [1.54, 1.807) is 0 Å². The molecule has 10 atom stereocenters. The molecule has 2 aliphatic heterocycles. The average Bonchev–Trinajstić information content (AvgIpc) is 3.06. The van der Waals surface area contributed by atoms with Crippen LogP contribution in [0.15, 0.2) is 39.5 Å². The highest BCUT2D eigenvalue weighted by molar-refractivity contribution is 5.88. The minimum absolute atomic E-state index is 0.0875. The van der Waals surface area contributed by atoms with Gasteiger partial charge in [-0.1, -0.05) is 0 Å². The van der Waals surface area contributed by atoms with E-state index in [4.69, 9.17) is 32.8 Å². The quantitative estimate of drug-likeness (QED) is 0.0810. The number of rotatable bonds is 9. The molecule has 0 aliphatic carbocycles. The first-order valence-electron chi connectivity index (χ1n) is 14.9. The molecule has 2 saturated heterocycles. The number of aromatic hydroxyl groups is 1. The van der Waals surface area contributed by atoms with Crippen molar-refractivity contribution in [1.29, 1.82) is 0 Å². The lowest BCUT2D eigenvalue weighted by Gasteiger charge is -2.39. The van der Waals surface area contributed by atoms with Crippen LogP contribution < -0.4 is 24.4 Å². The van der Waals surface area contributed by atoms with Gasteiger partial charge in [-0.3, -0.25) is 14.4 Å². The van der Waals surface area contributed by atoms with E-state index in [1.165, 1.54) is 12.1 Å². The summed E-state index contributed by atoms with van der Waals surface area (Å²) in [5.74, 6) is -4.43. The number of carbonyl (C=O) groups is 2. The smallest absolute Gasteiger partial charge is 0.308 e. The summed E-state index contributed by atoms with van der Waals surface area (Å²) >= 11 is 0. The molecule has 3 aromatic rings. The monoisotopic (exact) mass is 710 g/mol. The Labute approximate surface area is 280 Å². The van der Waals surface area contributed by atoms with Gasteiger partial charge < -0.3 is 78.8 Å². The van der Waals surface area contributed by atoms with Gasteiger partial charge in [-0.2, -0.15) is 0 Å². The maximum Gasteiger partial charge on any atom is 0.308 e. The van der Waals surface area contributed by atoms with Gasteiger partial charge in [0.25, 0.3) is 0 Å². The molecule has 0 amide bonds. The molecular weight excluding hydrogens is 676 g/mol. The van der Waals surface area contributed by atoms with Gasteiger partial charge >= 0.3 is 11.9 Å². The molecule has 0 saturated carbocycles. The van der Waals surface area contributed by atoms with Gasteiger partial charge in [0.15, 0.2) is 17.3 Å². The van der Waals surface area contributed by atoms with Crippen LogP contribution in [0.2, 0.25) is 0 Å². The minimum atomic E-state index is -1.98. The fourth-order valence-corrected chi connectivity index (χ4v) is 5.33. The van der Waals surface area contributed by atoms with Gasteiger partial charge in [0, 0.05) is 31.5 Å². The first-order valence-corrected chi connectivity index (χ1v) is 14.9. The molecule has 2 unspecified atom stereocenters. The Morgan fingerprint density at radius 2 is 1.26 bits per heavy atom. The lowest BCUT2D eigenvalue weighted by Crippen LogP contribution is -2.60. The zero-order valence-electron chi connectivity index (χ0n) is 26.2. The molecule has 272 valence electrons. The van der Waals surface area contributed by atoms with E-state index in [0.717, 1.165) is 32.0 Å². The van der Waals surface area contributed by atoms with E-state index in [0.29, 0.717) is 0 Å². The van der Waals surface area contributed by atoms with Crippen molar-refractivity contribution in [3.8, 4) is 40.1 Å². The van der Waals surface area contributed by atoms with E-state index >= 15 is 0 Å². The number of phenolic OH excluding ortho intramolecular Hbond substituents is 1. The summed E-state index contributed by atoms with van der Waals surface area (Å²) < 4.78 is 38.3. The number of aliphatic hydroxyl groups is 8. The third kappa shape index (κ3) is 7.23. The molecular formula is C31H34O19. The molecule has 3 heterocycles. The van der Waals surface area contributed by atoms with Crippen molar-refractivity contribution < 1.29 is 88.4 Å². The molecule has 2 fully saturated rings. The first-order chi connectivity index (χ1) is 23.6. The van der Waals surface area contributed by atoms with Crippen LogP contribution in [-0.2, 0) is 19.1 Å². The van der Waals surface area contributed by atoms with Gasteiger partial charge in [0.2, 0.25) is 23.8 Å². The molecule has 1 aromatic heterocycles. The van der Waals surface area contributed by atoms with E-state index in [2.05, 4.69) is 0 Å². The zero-order chi connectivity index (χ0) is 36.6. The largest absolute Gasteiger partial charge is 0.507 e. The lowest BCUT2D eigenvalue weighted by molar-refractivity contribution is -0.277. The normalized spacial score (nSPS) is 29.7. The van der Waals surface area contributed by atoms with Gasteiger partial charge in [0.05, 0.1) is 13.2 Å². The van der Waals surface area contributed by atoms with E-state index in [1.807, 2.05) is 0 Å². The Morgan fingerprint density at radius 1 is 0.720 bits per heavy atom. The zero-order valence-corrected chi connectivity index (χ0v) is 26.2. The fourth-order valence-electron chi connectivity index (χ4n) is 5.33. The number of ether oxygens (including phenoxy) is 6.